The van der Waals surface area contributed by atoms with E-state index < -0.39 is 29.4 Å². The van der Waals surface area contributed by atoms with Crippen LogP contribution in [0.4, 0.5) is 18.0 Å². The molecule has 190 valence electrons. The molecule has 0 radical (unpaired) electrons. The van der Waals surface area contributed by atoms with E-state index in [2.05, 4.69) is 10.6 Å². The van der Waals surface area contributed by atoms with E-state index in [1.807, 2.05) is 6.92 Å². The van der Waals surface area contributed by atoms with Crippen molar-refractivity contribution in [2.75, 3.05) is 13.1 Å². The summed E-state index contributed by atoms with van der Waals surface area (Å²) in [5.41, 5.74) is -1.21. The predicted molar refractivity (Wildman–Crippen MR) is 119 cm³/mol. The van der Waals surface area contributed by atoms with Crippen LogP contribution in [0.25, 0.3) is 0 Å². The number of amides is 5. The molecule has 4 rings (SSSR count). The summed E-state index contributed by atoms with van der Waals surface area (Å²) in [7, 11) is 0. The van der Waals surface area contributed by atoms with Gasteiger partial charge in [0.2, 0.25) is 17.7 Å². The van der Waals surface area contributed by atoms with Crippen LogP contribution < -0.4 is 10.6 Å². The Hall–Kier alpha value is -3.11. The van der Waals surface area contributed by atoms with Crippen LogP contribution in [0.15, 0.2) is 24.3 Å². The second kappa shape index (κ2) is 9.50. The van der Waals surface area contributed by atoms with Crippen LogP contribution in [0.5, 0.6) is 0 Å². The summed E-state index contributed by atoms with van der Waals surface area (Å²) in [4.78, 5) is 52.2. The lowest BCUT2D eigenvalue weighted by molar-refractivity contribution is -0.137. The number of likely N-dealkylation sites (tertiary alicyclic amines) is 1. The van der Waals surface area contributed by atoms with E-state index in [0.29, 0.717) is 31.2 Å². The molecule has 8 nitrogen and oxygen atoms in total. The van der Waals surface area contributed by atoms with Crippen LogP contribution in [0.1, 0.15) is 69.0 Å². The van der Waals surface area contributed by atoms with E-state index in [9.17, 15) is 32.3 Å². The number of urea groups is 1. The Bertz CT molecular complexity index is 1010. The maximum atomic E-state index is 13.5. The maximum Gasteiger partial charge on any atom is 0.416 e. The second-order valence-corrected chi connectivity index (χ2v) is 9.68. The summed E-state index contributed by atoms with van der Waals surface area (Å²) in [6.07, 6.45) is -1.60. The van der Waals surface area contributed by atoms with Crippen molar-refractivity contribution < 1.29 is 32.3 Å². The molecule has 2 N–H and O–H groups in total. The maximum absolute atomic E-state index is 13.5. The highest BCUT2D eigenvalue weighted by Crippen LogP contribution is 2.46. The highest BCUT2D eigenvalue weighted by atomic mass is 19.4. The van der Waals surface area contributed by atoms with E-state index in [1.165, 1.54) is 6.07 Å². The molecule has 3 heterocycles. The van der Waals surface area contributed by atoms with Crippen molar-refractivity contribution in [2.45, 2.75) is 75.7 Å². The SMILES string of the molecule is C[C@]12C[C@@H](c3cccc(C(F)(F)F)c3)N(C(=O)CCCN3C(=O)CNC3=O)[C@H]1CCCCC(=O)N2. The number of alkyl halides is 3. The fraction of sp³-hybridized carbons (Fsp3) is 0.583. The molecule has 1 aromatic carbocycles. The average Bonchev–Trinajstić information content (AvgIpc) is 3.25. The molecule has 11 heteroatoms. The minimum Gasteiger partial charge on any atom is -0.349 e. The third-order valence-corrected chi connectivity index (χ3v) is 7.18. The number of hydrogen-bond donors (Lipinski definition) is 2. The summed E-state index contributed by atoms with van der Waals surface area (Å²) in [5.74, 6) is -0.767. The van der Waals surface area contributed by atoms with Crippen molar-refractivity contribution >= 4 is 23.8 Å². The van der Waals surface area contributed by atoms with Gasteiger partial charge in [0, 0.05) is 19.4 Å². The number of rotatable bonds is 5. The quantitative estimate of drug-likeness (QED) is 0.615. The molecule has 3 atom stereocenters. The van der Waals surface area contributed by atoms with E-state index >= 15 is 0 Å². The molecule has 3 aliphatic heterocycles. The summed E-state index contributed by atoms with van der Waals surface area (Å²) in [6, 6.07) is 3.46. The zero-order chi connectivity index (χ0) is 25.4. The van der Waals surface area contributed by atoms with Gasteiger partial charge in [-0.3, -0.25) is 19.3 Å². The lowest BCUT2D eigenvalue weighted by Gasteiger charge is -2.38. The number of nitrogens with zero attached hydrogens (tertiary/aromatic N) is 2. The van der Waals surface area contributed by atoms with Gasteiger partial charge >= 0.3 is 12.2 Å². The van der Waals surface area contributed by atoms with Crippen molar-refractivity contribution in [3.05, 3.63) is 35.4 Å². The number of nitrogens with one attached hydrogen (secondary N) is 2. The first kappa shape index (κ1) is 25.0. The van der Waals surface area contributed by atoms with Crippen LogP contribution in [0, 0.1) is 0 Å². The lowest BCUT2D eigenvalue weighted by Crippen LogP contribution is -2.56. The van der Waals surface area contributed by atoms with E-state index in [0.717, 1.165) is 23.5 Å². The number of halogens is 3. The average molecular weight is 495 g/mol. The molecule has 0 unspecified atom stereocenters. The van der Waals surface area contributed by atoms with Crippen molar-refractivity contribution in [3.63, 3.8) is 0 Å². The molecule has 3 fully saturated rings. The number of hydrogen-bond acceptors (Lipinski definition) is 4. The van der Waals surface area contributed by atoms with Gasteiger partial charge in [0.25, 0.3) is 0 Å². The first-order chi connectivity index (χ1) is 16.5. The molecule has 0 bridgehead atoms. The topological polar surface area (TPSA) is 98.8 Å². The van der Waals surface area contributed by atoms with Crippen molar-refractivity contribution in [1.82, 2.24) is 20.4 Å². The van der Waals surface area contributed by atoms with Crippen LogP contribution >= 0.6 is 0 Å². The summed E-state index contributed by atoms with van der Waals surface area (Å²) >= 11 is 0. The van der Waals surface area contributed by atoms with Gasteiger partial charge in [-0.1, -0.05) is 18.6 Å². The van der Waals surface area contributed by atoms with Gasteiger partial charge in [0.15, 0.2) is 0 Å². The van der Waals surface area contributed by atoms with Gasteiger partial charge in [-0.15, -0.1) is 0 Å². The Morgan fingerprint density at radius 1 is 1.20 bits per heavy atom. The molecule has 0 aromatic heterocycles. The number of benzene rings is 1. The van der Waals surface area contributed by atoms with E-state index in [-0.39, 0.29) is 49.7 Å². The Morgan fingerprint density at radius 3 is 2.66 bits per heavy atom. The minimum atomic E-state index is -4.52. The highest BCUT2D eigenvalue weighted by molar-refractivity contribution is 6.01. The molecular weight excluding hydrogens is 465 g/mol. The molecule has 0 spiro atoms. The summed E-state index contributed by atoms with van der Waals surface area (Å²) < 4.78 is 40.2. The summed E-state index contributed by atoms with van der Waals surface area (Å²) in [6.45, 7) is 1.86. The Labute approximate surface area is 201 Å². The third kappa shape index (κ3) is 5.13. The van der Waals surface area contributed by atoms with Gasteiger partial charge in [-0.25, -0.2) is 4.79 Å². The zero-order valence-electron chi connectivity index (χ0n) is 19.5. The van der Waals surface area contributed by atoms with Crippen molar-refractivity contribution in [3.8, 4) is 0 Å². The highest BCUT2D eigenvalue weighted by Gasteiger charge is 2.52. The Kier molecular flexibility index (Phi) is 6.79. The number of carbonyl (C=O) groups excluding carboxylic acids is 4. The minimum absolute atomic E-state index is 0.0209. The van der Waals surface area contributed by atoms with Crippen LogP contribution in [-0.4, -0.2) is 58.2 Å². The molecule has 5 amide bonds. The van der Waals surface area contributed by atoms with Gasteiger partial charge < -0.3 is 15.5 Å². The molecule has 35 heavy (non-hydrogen) atoms. The van der Waals surface area contributed by atoms with Gasteiger partial charge in [0.05, 0.1) is 29.7 Å². The molecule has 3 saturated heterocycles. The Morgan fingerprint density at radius 2 is 1.97 bits per heavy atom. The first-order valence-corrected chi connectivity index (χ1v) is 11.9. The fourth-order valence-corrected chi connectivity index (χ4v) is 5.50. The zero-order valence-corrected chi connectivity index (χ0v) is 19.5. The number of fused-ring (bicyclic) bond motifs is 1. The van der Waals surface area contributed by atoms with E-state index in [4.69, 9.17) is 0 Å². The third-order valence-electron chi connectivity index (χ3n) is 7.18. The monoisotopic (exact) mass is 494 g/mol. The van der Waals surface area contributed by atoms with Crippen molar-refractivity contribution in [2.24, 2.45) is 0 Å². The molecular formula is C24H29F3N4O4. The normalized spacial score (nSPS) is 27.3. The fourth-order valence-electron chi connectivity index (χ4n) is 5.50. The number of imide groups is 1. The standard InChI is InChI=1S/C24H29F3N4O4/c1-23-13-17(15-6-4-7-16(12-15)24(25,26)27)31(18(23)8-2-3-9-19(32)29-23)20(33)10-5-11-30-21(34)14-28-22(30)35/h4,6-7,12,17-18H,2-3,5,8-11,13-14H2,1H3,(H,28,35)(H,29,32)/t17-,18-,23-/m0/s1. The largest absolute Gasteiger partial charge is 0.416 e. The molecule has 1 aromatic rings. The van der Waals surface area contributed by atoms with Crippen molar-refractivity contribution in [1.29, 1.82) is 0 Å². The molecule has 0 saturated carbocycles. The van der Waals surface area contributed by atoms with Crippen LogP contribution in [0.2, 0.25) is 0 Å². The van der Waals surface area contributed by atoms with Crippen LogP contribution in [0.3, 0.4) is 0 Å². The van der Waals surface area contributed by atoms with Gasteiger partial charge in [0.1, 0.15) is 0 Å². The second-order valence-electron chi connectivity index (χ2n) is 9.68. The summed E-state index contributed by atoms with van der Waals surface area (Å²) in [5, 5.41) is 5.47. The first-order valence-electron chi connectivity index (χ1n) is 11.9. The lowest BCUT2D eigenvalue weighted by atomic mass is 9.85. The molecule has 3 aliphatic rings. The number of carbonyl (C=O) groups is 4. The van der Waals surface area contributed by atoms with E-state index in [1.54, 1.807) is 11.0 Å². The Balaban J connectivity index is 1.60. The predicted octanol–water partition coefficient (Wildman–Crippen LogP) is 3.13. The molecule has 0 aliphatic carbocycles. The van der Waals surface area contributed by atoms with Gasteiger partial charge in [-0.05, 0) is 50.3 Å². The van der Waals surface area contributed by atoms with Crippen LogP contribution in [-0.2, 0) is 20.6 Å². The van der Waals surface area contributed by atoms with Gasteiger partial charge in [-0.2, -0.15) is 13.2 Å². The smallest absolute Gasteiger partial charge is 0.349 e.